The molecule has 1 aromatic rings. The van der Waals surface area contributed by atoms with E-state index < -0.39 is 5.97 Å². The van der Waals surface area contributed by atoms with Gasteiger partial charge < -0.3 is 15.2 Å². The summed E-state index contributed by atoms with van der Waals surface area (Å²) in [5, 5.41) is 11.5. The fourth-order valence-electron chi connectivity index (χ4n) is 2.40. The maximum absolute atomic E-state index is 12.1. The van der Waals surface area contributed by atoms with Gasteiger partial charge in [0.2, 0.25) is 5.91 Å². The Balaban J connectivity index is 1.63. The highest BCUT2D eigenvalue weighted by atomic mass is 33.1. The lowest BCUT2D eigenvalue weighted by molar-refractivity contribution is -0.136. The van der Waals surface area contributed by atoms with Crippen LogP contribution in [-0.2, 0) is 9.59 Å². The summed E-state index contributed by atoms with van der Waals surface area (Å²) in [5.41, 5.74) is 1.12. The number of ether oxygens (including phenoxy) is 1. The number of amides is 1. The molecular formula is C16H21NO4S2. The Morgan fingerprint density at radius 2 is 2.04 bits per heavy atom. The molecule has 0 aliphatic carbocycles. The lowest BCUT2D eigenvalue weighted by atomic mass is 9.90. The molecule has 0 fully saturated rings. The molecule has 1 heterocycles. The molecule has 0 bridgehead atoms. The van der Waals surface area contributed by atoms with E-state index in [-0.39, 0.29) is 18.2 Å². The number of carbonyl (C=O) groups is 2. The van der Waals surface area contributed by atoms with Crippen molar-refractivity contribution in [3.8, 4) is 5.75 Å². The molecule has 0 spiro atoms. The number of aliphatic carboxylic acids is 1. The molecule has 126 valence electrons. The van der Waals surface area contributed by atoms with E-state index in [0.29, 0.717) is 25.3 Å². The summed E-state index contributed by atoms with van der Waals surface area (Å²) >= 11 is 0. The van der Waals surface area contributed by atoms with Gasteiger partial charge in [0.05, 0.1) is 13.0 Å². The van der Waals surface area contributed by atoms with E-state index in [1.807, 2.05) is 24.3 Å². The van der Waals surface area contributed by atoms with Gasteiger partial charge in [-0.2, -0.15) is 0 Å². The Labute approximate surface area is 144 Å². The van der Waals surface area contributed by atoms with Crippen molar-refractivity contribution in [1.29, 1.82) is 0 Å². The minimum atomic E-state index is -0.775. The van der Waals surface area contributed by atoms with Gasteiger partial charge in [-0.1, -0.05) is 39.8 Å². The van der Waals surface area contributed by atoms with E-state index in [2.05, 4.69) is 5.32 Å². The molecule has 1 unspecified atom stereocenters. The van der Waals surface area contributed by atoms with Gasteiger partial charge in [-0.3, -0.25) is 9.59 Å². The molecule has 23 heavy (non-hydrogen) atoms. The Morgan fingerprint density at radius 1 is 1.26 bits per heavy atom. The minimum Gasteiger partial charge on any atom is -0.493 e. The van der Waals surface area contributed by atoms with E-state index >= 15 is 0 Å². The largest absolute Gasteiger partial charge is 0.493 e. The Bertz CT molecular complexity index is 539. The monoisotopic (exact) mass is 355 g/mol. The van der Waals surface area contributed by atoms with Crippen molar-refractivity contribution in [3.63, 3.8) is 0 Å². The number of benzene rings is 1. The molecule has 2 rings (SSSR count). The maximum atomic E-state index is 12.1. The molecule has 7 heteroatoms. The second kappa shape index (κ2) is 9.72. The highest BCUT2D eigenvalue weighted by Crippen LogP contribution is 2.35. The van der Waals surface area contributed by atoms with E-state index in [9.17, 15) is 9.59 Å². The smallest absolute Gasteiger partial charge is 0.304 e. The zero-order valence-electron chi connectivity index (χ0n) is 12.8. The lowest BCUT2D eigenvalue weighted by Crippen LogP contribution is -2.28. The Kier molecular flexibility index (Phi) is 7.61. The third-order valence-electron chi connectivity index (χ3n) is 3.50. The van der Waals surface area contributed by atoms with Gasteiger partial charge in [0, 0.05) is 24.5 Å². The van der Waals surface area contributed by atoms with Gasteiger partial charge in [-0.05, 0) is 24.0 Å². The summed E-state index contributed by atoms with van der Waals surface area (Å²) in [6, 6.07) is 7.90. The highest BCUT2D eigenvalue weighted by molar-refractivity contribution is 8.76. The number of carbonyl (C=O) groups excluding carboxylic acids is 1. The van der Waals surface area contributed by atoms with Crippen LogP contribution < -0.4 is 10.1 Å². The lowest BCUT2D eigenvalue weighted by Gasteiger charge is -2.25. The van der Waals surface area contributed by atoms with Crippen molar-refractivity contribution >= 4 is 33.5 Å². The van der Waals surface area contributed by atoms with Crippen molar-refractivity contribution in [1.82, 2.24) is 5.32 Å². The summed E-state index contributed by atoms with van der Waals surface area (Å²) in [7, 11) is 3.12. The summed E-state index contributed by atoms with van der Waals surface area (Å²) < 4.78 is 5.61. The van der Waals surface area contributed by atoms with Gasteiger partial charge in [0.15, 0.2) is 0 Å². The molecule has 1 aliphatic rings. The first-order chi connectivity index (χ1) is 11.2. The summed E-state index contributed by atoms with van der Waals surface area (Å²) in [6.07, 6.45) is 1.52. The van der Waals surface area contributed by atoms with Crippen LogP contribution in [-0.4, -0.2) is 41.6 Å². The Hall–Kier alpha value is -1.34. The fourth-order valence-corrected chi connectivity index (χ4v) is 4.29. The highest BCUT2D eigenvalue weighted by Gasteiger charge is 2.23. The maximum Gasteiger partial charge on any atom is 0.304 e. The van der Waals surface area contributed by atoms with Crippen LogP contribution in [0.15, 0.2) is 24.3 Å². The minimum absolute atomic E-state index is 0.0582. The van der Waals surface area contributed by atoms with E-state index in [1.54, 1.807) is 10.8 Å². The normalized spacial score (nSPS) is 16.3. The molecular weight excluding hydrogens is 334 g/mol. The number of fused-ring (bicyclic) bond motifs is 1. The molecule has 1 aromatic carbocycles. The number of para-hydroxylation sites is 1. The first-order valence-corrected chi connectivity index (χ1v) is 10.1. The van der Waals surface area contributed by atoms with E-state index in [1.165, 1.54) is 10.8 Å². The summed E-state index contributed by atoms with van der Waals surface area (Å²) in [4.78, 5) is 22.4. The zero-order valence-corrected chi connectivity index (χ0v) is 14.5. The number of carboxylic acid groups (broad SMARTS) is 1. The van der Waals surface area contributed by atoms with E-state index in [4.69, 9.17) is 9.84 Å². The second-order valence-corrected chi connectivity index (χ2v) is 7.92. The van der Waals surface area contributed by atoms with Crippen LogP contribution in [0.2, 0.25) is 0 Å². The van der Waals surface area contributed by atoms with Gasteiger partial charge in [0.25, 0.3) is 0 Å². The van der Waals surface area contributed by atoms with Crippen LogP contribution in [0.5, 0.6) is 5.75 Å². The SMILES string of the molecule is O=C(O)CCSSCCNC(=O)CC1CCOc2ccccc21. The van der Waals surface area contributed by atoms with Crippen molar-refractivity contribution in [2.24, 2.45) is 0 Å². The predicted octanol–water partition coefficient (Wildman–Crippen LogP) is 2.92. The summed E-state index contributed by atoms with van der Waals surface area (Å²) in [6.45, 7) is 1.26. The average Bonchev–Trinajstić information content (AvgIpc) is 2.54. The molecule has 1 amide bonds. The van der Waals surface area contributed by atoms with Crippen LogP contribution in [0.3, 0.4) is 0 Å². The third-order valence-corrected chi connectivity index (χ3v) is 5.91. The first-order valence-electron chi connectivity index (χ1n) is 7.61. The van der Waals surface area contributed by atoms with Crippen molar-refractivity contribution in [2.45, 2.75) is 25.2 Å². The molecule has 0 saturated carbocycles. The van der Waals surface area contributed by atoms with Crippen LogP contribution in [0, 0.1) is 0 Å². The standard InChI is InChI=1S/C16H21NO4S2/c18-15(17-7-10-23-22-9-6-16(19)20)11-12-5-8-21-14-4-2-1-3-13(12)14/h1-4,12H,5-11H2,(H,17,18)(H,19,20). The number of hydrogen-bond donors (Lipinski definition) is 2. The molecule has 1 aliphatic heterocycles. The number of nitrogens with one attached hydrogen (secondary N) is 1. The summed E-state index contributed by atoms with van der Waals surface area (Å²) in [5.74, 6) is 1.76. The number of carboxylic acids is 1. The molecule has 5 nitrogen and oxygen atoms in total. The first kappa shape index (κ1) is 18.0. The average molecular weight is 355 g/mol. The van der Waals surface area contributed by atoms with Gasteiger partial charge in [0.1, 0.15) is 5.75 Å². The predicted molar refractivity (Wildman–Crippen MR) is 94.1 cm³/mol. The van der Waals surface area contributed by atoms with Gasteiger partial charge in [-0.15, -0.1) is 0 Å². The number of rotatable bonds is 9. The van der Waals surface area contributed by atoms with Crippen molar-refractivity contribution < 1.29 is 19.4 Å². The van der Waals surface area contributed by atoms with Gasteiger partial charge >= 0.3 is 5.97 Å². The number of hydrogen-bond acceptors (Lipinski definition) is 5. The topological polar surface area (TPSA) is 75.6 Å². The van der Waals surface area contributed by atoms with E-state index in [0.717, 1.165) is 23.5 Å². The van der Waals surface area contributed by atoms with Crippen LogP contribution in [0.1, 0.15) is 30.7 Å². The van der Waals surface area contributed by atoms with Gasteiger partial charge in [-0.25, -0.2) is 0 Å². The van der Waals surface area contributed by atoms with Crippen LogP contribution in [0.25, 0.3) is 0 Å². The zero-order chi connectivity index (χ0) is 16.5. The van der Waals surface area contributed by atoms with Crippen LogP contribution in [0.4, 0.5) is 0 Å². The molecule has 0 saturated heterocycles. The molecule has 2 N–H and O–H groups in total. The molecule has 0 aromatic heterocycles. The fraction of sp³-hybridized carbons (Fsp3) is 0.500. The molecule has 1 atom stereocenters. The third kappa shape index (κ3) is 6.35. The second-order valence-electron chi connectivity index (χ2n) is 5.21. The van der Waals surface area contributed by atoms with Crippen molar-refractivity contribution in [3.05, 3.63) is 29.8 Å². The quantitative estimate of drug-likeness (QED) is 0.524. The van der Waals surface area contributed by atoms with Crippen molar-refractivity contribution in [2.75, 3.05) is 24.7 Å². The molecule has 0 radical (unpaired) electrons. The van der Waals surface area contributed by atoms with Crippen LogP contribution >= 0.6 is 21.6 Å². The Morgan fingerprint density at radius 3 is 2.87 bits per heavy atom.